The zero-order valence-electron chi connectivity index (χ0n) is 12.6. The van der Waals surface area contributed by atoms with Crippen LogP contribution in [0.25, 0.3) is 0 Å². The van der Waals surface area contributed by atoms with E-state index in [1.165, 1.54) is 11.8 Å². The number of anilines is 1. The summed E-state index contributed by atoms with van der Waals surface area (Å²) in [5.41, 5.74) is 7.79. The second kappa shape index (κ2) is 6.55. The van der Waals surface area contributed by atoms with Crippen molar-refractivity contribution >= 4 is 46.6 Å². The van der Waals surface area contributed by atoms with Crippen LogP contribution >= 0.6 is 35.0 Å². The van der Waals surface area contributed by atoms with Gasteiger partial charge in [0.1, 0.15) is 0 Å². The van der Waals surface area contributed by atoms with Gasteiger partial charge in [-0.2, -0.15) is 0 Å². The first-order valence-electron chi connectivity index (χ1n) is 7.04. The van der Waals surface area contributed by atoms with Gasteiger partial charge in [-0.1, -0.05) is 47.1 Å². The molecule has 2 heterocycles. The number of nitrogens with two attached hydrogens (primary N) is 1. The minimum atomic E-state index is -0.917. The van der Waals surface area contributed by atoms with Crippen LogP contribution in [0.4, 0.5) is 5.69 Å². The molecule has 0 aliphatic carbocycles. The summed E-state index contributed by atoms with van der Waals surface area (Å²) >= 11 is 13.9. The molecule has 1 atom stereocenters. The van der Waals surface area contributed by atoms with Gasteiger partial charge in [0.2, 0.25) is 0 Å². The molecule has 0 saturated carbocycles. The van der Waals surface area contributed by atoms with Crippen LogP contribution in [0.2, 0.25) is 10.2 Å². The molecular formula is C16H14Cl2N4OS. The largest absolute Gasteiger partial charge is 0.365 e. The second-order valence-corrected chi connectivity index (χ2v) is 7.22. The van der Waals surface area contributed by atoms with E-state index in [-0.39, 0.29) is 0 Å². The van der Waals surface area contributed by atoms with Crippen LogP contribution in [0.1, 0.15) is 11.1 Å². The number of nitrogens with zero attached hydrogens (tertiary/aromatic N) is 1. The zero-order valence-corrected chi connectivity index (χ0v) is 15.0. The average molecular weight is 381 g/mol. The van der Waals surface area contributed by atoms with Crippen LogP contribution in [-0.2, 0) is 9.79 Å². The lowest BCUT2D eigenvalue weighted by molar-refractivity contribution is -0.113. The Morgan fingerprint density at radius 3 is 2.75 bits per heavy atom. The summed E-state index contributed by atoms with van der Waals surface area (Å²) in [6.07, 6.45) is 3.18. The summed E-state index contributed by atoms with van der Waals surface area (Å²) in [7, 11) is 0. The molecule has 124 valence electrons. The van der Waals surface area contributed by atoms with E-state index >= 15 is 0 Å². The molecule has 24 heavy (non-hydrogen) atoms. The fraction of sp³-hybridized carbons (Fsp3) is 0.125. The lowest BCUT2D eigenvalue weighted by Gasteiger charge is -2.34. The third-order valence-electron chi connectivity index (χ3n) is 3.56. The molecular weight excluding hydrogens is 367 g/mol. The van der Waals surface area contributed by atoms with Crippen molar-refractivity contribution in [2.75, 3.05) is 5.32 Å². The molecule has 1 unspecified atom stereocenters. The van der Waals surface area contributed by atoms with Gasteiger partial charge in [-0.3, -0.25) is 4.79 Å². The van der Waals surface area contributed by atoms with Gasteiger partial charge in [-0.15, -0.1) is 0 Å². The summed E-state index contributed by atoms with van der Waals surface area (Å²) in [5, 5.41) is 7.39. The molecule has 2 aromatic rings. The van der Waals surface area contributed by atoms with E-state index in [1.54, 1.807) is 30.6 Å². The molecule has 0 spiro atoms. The number of hydrogen-bond acceptors (Lipinski definition) is 5. The lowest BCUT2D eigenvalue weighted by Crippen LogP contribution is -2.42. The highest BCUT2D eigenvalue weighted by atomic mass is 35.5. The number of rotatable bonds is 4. The number of hydrogen-bond donors (Lipinski definition) is 3. The van der Waals surface area contributed by atoms with Crippen LogP contribution in [0.3, 0.4) is 0 Å². The van der Waals surface area contributed by atoms with E-state index < -0.39 is 10.9 Å². The maximum Gasteiger partial charge on any atom is 0.256 e. The second-order valence-electron chi connectivity index (χ2n) is 5.20. The predicted molar refractivity (Wildman–Crippen MR) is 98.7 cm³/mol. The summed E-state index contributed by atoms with van der Waals surface area (Å²) in [4.78, 5) is 15.1. The van der Waals surface area contributed by atoms with E-state index in [0.717, 1.165) is 11.1 Å². The SMILES string of the molecule is Cc1cccc(Cl)c1C1(Nc2cccnc2Cl)NC=C(C(N)=O)S1. The maximum absolute atomic E-state index is 11.6. The number of carbonyl (C=O) groups excluding carboxylic acids is 1. The number of nitrogens with one attached hydrogen (secondary N) is 2. The molecule has 0 bridgehead atoms. The van der Waals surface area contributed by atoms with Crippen LogP contribution < -0.4 is 16.4 Å². The number of amides is 1. The van der Waals surface area contributed by atoms with Gasteiger partial charge in [-0.25, -0.2) is 4.98 Å². The van der Waals surface area contributed by atoms with Gasteiger partial charge >= 0.3 is 0 Å². The highest BCUT2D eigenvalue weighted by molar-refractivity contribution is 8.05. The van der Waals surface area contributed by atoms with Crippen molar-refractivity contribution in [3.8, 4) is 0 Å². The molecule has 1 aromatic carbocycles. The van der Waals surface area contributed by atoms with Gasteiger partial charge in [0.25, 0.3) is 5.91 Å². The Morgan fingerprint density at radius 1 is 1.33 bits per heavy atom. The van der Waals surface area contributed by atoms with Gasteiger partial charge in [0, 0.05) is 23.0 Å². The summed E-state index contributed by atoms with van der Waals surface area (Å²) in [6.45, 7) is 1.94. The van der Waals surface area contributed by atoms with Crippen LogP contribution in [0, 0.1) is 6.92 Å². The summed E-state index contributed by atoms with van der Waals surface area (Å²) in [6, 6.07) is 9.17. The quantitative estimate of drug-likeness (QED) is 0.706. The molecule has 4 N–H and O–H groups in total. The van der Waals surface area contributed by atoms with Crippen LogP contribution in [-0.4, -0.2) is 10.9 Å². The first kappa shape index (κ1) is 17.0. The smallest absolute Gasteiger partial charge is 0.256 e. The first-order chi connectivity index (χ1) is 11.4. The normalized spacial score (nSPS) is 19.5. The molecule has 0 fully saturated rings. The molecule has 1 aliphatic rings. The fourth-order valence-electron chi connectivity index (χ4n) is 2.51. The summed E-state index contributed by atoms with van der Waals surface area (Å²) < 4.78 is 0. The summed E-state index contributed by atoms with van der Waals surface area (Å²) in [5.74, 6) is -0.516. The molecule has 0 radical (unpaired) electrons. The Balaban J connectivity index is 2.10. The highest BCUT2D eigenvalue weighted by Crippen LogP contribution is 2.47. The number of pyridine rings is 1. The number of aromatic nitrogens is 1. The van der Waals surface area contributed by atoms with Crippen molar-refractivity contribution in [2.24, 2.45) is 5.73 Å². The third kappa shape index (κ3) is 3.05. The minimum absolute atomic E-state index is 0.316. The standard InChI is InChI=1S/C16H14Cl2N4OS/c1-9-4-2-5-10(17)13(9)16(21-8-12(24-16)15(19)23)22-11-6-3-7-20-14(11)18/h2-8,21-22H,1H3,(H2,19,23). The number of benzene rings is 1. The van der Waals surface area contributed by atoms with Crippen molar-refractivity contribution < 1.29 is 4.79 Å². The Labute approximate surface area is 153 Å². The van der Waals surface area contributed by atoms with E-state index in [4.69, 9.17) is 28.9 Å². The van der Waals surface area contributed by atoms with Crippen molar-refractivity contribution in [2.45, 2.75) is 11.9 Å². The van der Waals surface area contributed by atoms with Gasteiger partial charge in [0.05, 0.1) is 10.6 Å². The molecule has 5 nitrogen and oxygen atoms in total. The number of halogens is 2. The predicted octanol–water partition coefficient (Wildman–Crippen LogP) is 3.58. The van der Waals surface area contributed by atoms with Gasteiger partial charge in [-0.05, 0) is 30.7 Å². The molecule has 8 heteroatoms. The minimum Gasteiger partial charge on any atom is -0.365 e. The lowest BCUT2D eigenvalue weighted by atomic mass is 10.1. The number of carbonyl (C=O) groups is 1. The maximum atomic E-state index is 11.6. The number of primary amides is 1. The Bertz CT molecular complexity index is 822. The number of thioether (sulfide) groups is 1. The highest BCUT2D eigenvalue weighted by Gasteiger charge is 2.42. The van der Waals surface area contributed by atoms with E-state index in [1.807, 2.05) is 19.1 Å². The van der Waals surface area contributed by atoms with Crippen molar-refractivity contribution in [1.29, 1.82) is 0 Å². The van der Waals surface area contributed by atoms with Crippen LogP contribution in [0.15, 0.2) is 47.6 Å². The van der Waals surface area contributed by atoms with E-state index in [2.05, 4.69) is 15.6 Å². The fourth-order valence-corrected chi connectivity index (χ4v) is 4.29. The van der Waals surface area contributed by atoms with Crippen molar-refractivity contribution in [3.05, 3.63) is 68.9 Å². The Kier molecular flexibility index (Phi) is 4.62. The molecule has 0 saturated heterocycles. The Morgan fingerprint density at radius 2 is 2.12 bits per heavy atom. The number of aryl methyl sites for hydroxylation is 1. The third-order valence-corrected chi connectivity index (χ3v) is 5.44. The van der Waals surface area contributed by atoms with E-state index in [9.17, 15) is 4.79 Å². The Hall–Kier alpha value is -1.89. The molecule has 3 rings (SSSR count). The van der Waals surface area contributed by atoms with Gasteiger partial charge < -0.3 is 16.4 Å². The molecule has 1 aliphatic heterocycles. The first-order valence-corrected chi connectivity index (χ1v) is 8.61. The zero-order chi connectivity index (χ0) is 17.3. The van der Waals surface area contributed by atoms with E-state index in [0.29, 0.717) is 20.8 Å². The van der Waals surface area contributed by atoms with Crippen LogP contribution in [0.5, 0.6) is 0 Å². The average Bonchev–Trinajstić information content (AvgIpc) is 2.95. The monoisotopic (exact) mass is 380 g/mol. The molecule has 1 amide bonds. The van der Waals surface area contributed by atoms with Gasteiger partial charge in [0.15, 0.2) is 10.1 Å². The van der Waals surface area contributed by atoms with Crippen molar-refractivity contribution in [3.63, 3.8) is 0 Å². The molecule has 1 aromatic heterocycles. The van der Waals surface area contributed by atoms with Crippen molar-refractivity contribution in [1.82, 2.24) is 10.3 Å². The topological polar surface area (TPSA) is 80.0 Å².